The third-order valence-corrected chi connectivity index (χ3v) is 5.43. The van der Waals surface area contributed by atoms with Crippen molar-refractivity contribution in [1.82, 2.24) is 10.2 Å². The van der Waals surface area contributed by atoms with E-state index in [1.54, 1.807) is 23.1 Å². The van der Waals surface area contributed by atoms with E-state index in [2.05, 4.69) is 5.32 Å². The number of rotatable bonds is 6. The zero-order valence-corrected chi connectivity index (χ0v) is 17.1. The molecule has 1 aliphatic rings. The van der Waals surface area contributed by atoms with Gasteiger partial charge in [-0.05, 0) is 80.7 Å². The molecule has 0 aliphatic carbocycles. The number of aromatic carboxylic acids is 1. The molecular formula is C24H28N2O3. The summed E-state index contributed by atoms with van der Waals surface area (Å²) in [5, 5.41) is 12.8. The normalized spacial score (nSPS) is 13.8. The monoisotopic (exact) mass is 392 g/mol. The third kappa shape index (κ3) is 4.74. The van der Waals surface area contributed by atoms with Gasteiger partial charge in [0.05, 0.1) is 5.56 Å². The number of carboxylic acids is 1. The molecule has 152 valence electrons. The highest BCUT2D eigenvalue weighted by molar-refractivity contribution is 5.95. The summed E-state index contributed by atoms with van der Waals surface area (Å²) in [4.78, 5) is 25.9. The fraction of sp³-hybridized carbons (Fsp3) is 0.333. The number of nitrogens with zero attached hydrogens (tertiary/aromatic N) is 1. The van der Waals surface area contributed by atoms with Gasteiger partial charge in [0, 0.05) is 18.7 Å². The number of carbonyl (C=O) groups is 2. The SMILES string of the molecule is CCN(CC)C(=O)c1ccc(C(=C2CCNCC2)c2cccc(C(=O)O)c2)cc1. The number of amides is 1. The van der Waals surface area contributed by atoms with Crippen molar-refractivity contribution in [2.45, 2.75) is 26.7 Å². The smallest absolute Gasteiger partial charge is 0.335 e. The number of nitrogens with one attached hydrogen (secondary N) is 1. The molecule has 1 saturated heterocycles. The maximum absolute atomic E-state index is 12.6. The Bertz CT molecular complexity index is 904. The summed E-state index contributed by atoms with van der Waals surface area (Å²) in [5.74, 6) is -0.896. The van der Waals surface area contributed by atoms with Crippen LogP contribution in [0.1, 0.15) is 58.5 Å². The van der Waals surface area contributed by atoms with Crippen LogP contribution in [0.25, 0.3) is 5.57 Å². The number of piperidine rings is 1. The van der Waals surface area contributed by atoms with Crippen molar-refractivity contribution in [3.8, 4) is 0 Å². The minimum absolute atomic E-state index is 0.0329. The first-order chi connectivity index (χ1) is 14.0. The molecule has 5 nitrogen and oxygen atoms in total. The first-order valence-corrected chi connectivity index (χ1v) is 10.2. The van der Waals surface area contributed by atoms with Crippen LogP contribution < -0.4 is 5.32 Å². The molecule has 0 saturated carbocycles. The lowest BCUT2D eigenvalue weighted by Gasteiger charge is -2.22. The first kappa shape index (κ1) is 20.8. The Kier molecular flexibility index (Phi) is 6.83. The van der Waals surface area contributed by atoms with E-state index in [4.69, 9.17) is 0 Å². The van der Waals surface area contributed by atoms with Crippen molar-refractivity contribution in [3.63, 3.8) is 0 Å². The van der Waals surface area contributed by atoms with Gasteiger partial charge in [-0.15, -0.1) is 0 Å². The lowest BCUT2D eigenvalue weighted by molar-refractivity contribution is 0.0695. The lowest BCUT2D eigenvalue weighted by atomic mass is 9.88. The van der Waals surface area contributed by atoms with Crippen molar-refractivity contribution >= 4 is 17.4 Å². The highest BCUT2D eigenvalue weighted by Gasteiger charge is 2.17. The average molecular weight is 392 g/mol. The Balaban J connectivity index is 2.03. The number of benzene rings is 2. The first-order valence-electron chi connectivity index (χ1n) is 10.2. The van der Waals surface area contributed by atoms with Crippen molar-refractivity contribution in [2.24, 2.45) is 0 Å². The Hall–Kier alpha value is -2.92. The van der Waals surface area contributed by atoms with Crippen LogP contribution in [-0.2, 0) is 0 Å². The van der Waals surface area contributed by atoms with Crippen LogP contribution in [0.2, 0.25) is 0 Å². The predicted octanol–water partition coefficient (Wildman–Crippen LogP) is 4.05. The van der Waals surface area contributed by atoms with Crippen LogP contribution in [0.4, 0.5) is 0 Å². The van der Waals surface area contributed by atoms with E-state index in [0.29, 0.717) is 18.7 Å². The van der Waals surface area contributed by atoms with E-state index in [9.17, 15) is 14.7 Å². The highest BCUT2D eigenvalue weighted by atomic mass is 16.4. The summed E-state index contributed by atoms with van der Waals surface area (Å²) >= 11 is 0. The zero-order chi connectivity index (χ0) is 20.8. The van der Waals surface area contributed by atoms with Crippen molar-refractivity contribution < 1.29 is 14.7 Å². The van der Waals surface area contributed by atoms with E-state index in [1.807, 2.05) is 44.2 Å². The van der Waals surface area contributed by atoms with Gasteiger partial charge in [0.25, 0.3) is 5.91 Å². The molecule has 29 heavy (non-hydrogen) atoms. The number of hydrogen-bond acceptors (Lipinski definition) is 3. The molecule has 1 aliphatic heterocycles. The van der Waals surface area contributed by atoms with Gasteiger partial charge in [-0.25, -0.2) is 4.79 Å². The highest BCUT2D eigenvalue weighted by Crippen LogP contribution is 2.32. The van der Waals surface area contributed by atoms with Crippen LogP contribution in [0.5, 0.6) is 0 Å². The van der Waals surface area contributed by atoms with Crippen LogP contribution in [0.15, 0.2) is 54.1 Å². The summed E-state index contributed by atoms with van der Waals surface area (Å²) in [6, 6.07) is 14.8. The van der Waals surface area contributed by atoms with E-state index >= 15 is 0 Å². The molecule has 0 radical (unpaired) electrons. The minimum atomic E-state index is -0.929. The molecule has 0 spiro atoms. The van der Waals surface area contributed by atoms with Gasteiger partial charge < -0.3 is 15.3 Å². The van der Waals surface area contributed by atoms with E-state index in [0.717, 1.165) is 42.6 Å². The maximum Gasteiger partial charge on any atom is 0.335 e. The average Bonchev–Trinajstić information content (AvgIpc) is 2.76. The van der Waals surface area contributed by atoms with E-state index < -0.39 is 5.97 Å². The summed E-state index contributed by atoms with van der Waals surface area (Å²) in [6.07, 6.45) is 1.85. The molecule has 1 fully saturated rings. The molecule has 0 bridgehead atoms. The second-order valence-electron chi connectivity index (χ2n) is 7.17. The van der Waals surface area contributed by atoms with Crippen molar-refractivity contribution in [1.29, 1.82) is 0 Å². The van der Waals surface area contributed by atoms with Gasteiger partial charge in [-0.3, -0.25) is 4.79 Å². The van der Waals surface area contributed by atoms with Crippen molar-refractivity contribution in [2.75, 3.05) is 26.2 Å². The standard InChI is InChI=1S/C24H28N2O3/c1-3-26(4-2)23(27)19-10-8-17(9-11-19)22(18-12-14-25-15-13-18)20-6-5-7-21(16-20)24(28)29/h5-11,16,25H,3-4,12-15H2,1-2H3,(H,28,29). The van der Waals surface area contributed by atoms with Crippen LogP contribution in [0.3, 0.4) is 0 Å². The third-order valence-electron chi connectivity index (χ3n) is 5.43. The molecule has 0 atom stereocenters. The molecule has 5 heteroatoms. The van der Waals surface area contributed by atoms with Gasteiger partial charge in [0.15, 0.2) is 0 Å². The second-order valence-corrected chi connectivity index (χ2v) is 7.17. The molecule has 3 rings (SSSR count). The number of hydrogen-bond donors (Lipinski definition) is 2. The number of carbonyl (C=O) groups excluding carboxylic acids is 1. The summed E-state index contributed by atoms with van der Waals surface area (Å²) in [6.45, 7) is 7.14. The van der Waals surface area contributed by atoms with Gasteiger partial charge in [0.1, 0.15) is 0 Å². The predicted molar refractivity (Wildman–Crippen MR) is 115 cm³/mol. The Morgan fingerprint density at radius 1 is 0.897 bits per heavy atom. The molecule has 1 amide bonds. The molecular weight excluding hydrogens is 364 g/mol. The molecule has 1 heterocycles. The largest absolute Gasteiger partial charge is 0.478 e. The lowest BCUT2D eigenvalue weighted by Crippen LogP contribution is -2.30. The van der Waals surface area contributed by atoms with Gasteiger partial charge in [-0.2, -0.15) is 0 Å². The molecule has 2 aromatic carbocycles. The van der Waals surface area contributed by atoms with Gasteiger partial charge in [0.2, 0.25) is 0 Å². The fourth-order valence-electron chi connectivity index (χ4n) is 3.83. The maximum atomic E-state index is 12.6. The van der Waals surface area contributed by atoms with Crippen LogP contribution in [-0.4, -0.2) is 48.1 Å². The van der Waals surface area contributed by atoms with E-state index in [1.165, 1.54) is 5.57 Å². The quantitative estimate of drug-likeness (QED) is 0.778. The fourth-order valence-corrected chi connectivity index (χ4v) is 3.83. The Morgan fingerprint density at radius 2 is 1.48 bits per heavy atom. The zero-order valence-electron chi connectivity index (χ0n) is 17.1. The van der Waals surface area contributed by atoms with E-state index in [-0.39, 0.29) is 11.5 Å². The topological polar surface area (TPSA) is 69.6 Å². The molecule has 0 aromatic heterocycles. The minimum Gasteiger partial charge on any atom is -0.478 e. The van der Waals surface area contributed by atoms with Gasteiger partial charge in [-0.1, -0.05) is 29.8 Å². The summed E-state index contributed by atoms with van der Waals surface area (Å²) in [5.41, 5.74) is 5.27. The molecule has 2 aromatic rings. The summed E-state index contributed by atoms with van der Waals surface area (Å²) in [7, 11) is 0. The Labute approximate surface area is 172 Å². The second kappa shape index (κ2) is 9.52. The number of carboxylic acid groups (broad SMARTS) is 1. The van der Waals surface area contributed by atoms with Crippen molar-refractivity contribution in [3.05, 3.63) is 76.4 Å². The van der Waals surface area contributed by atoms with Gasteiger partial charge >= 0.3 is 5.97 Å². The Morgan fingerprint density at radius 3 is 2.07 bits per heavy atom. The van der Waals surface area contributed by atoms with Crippen LogP contribution in [0, 0.1) is 0 Å². The van der Waals surface area contributed by atoms with Crippen LogP contribution >= 0.6 is 0 Å². The summed E-state index contributed by atoms with van der Waals surface area (Å²) < 4.78 is 0. The molecule has 2 N–H and O–H groups in total. The molecule has 0 unspecified atom stereocenters.